The summed E-state index contributed by atoms with van der Waals surface area (Å²) in [5.74, 6) is -0.740. The molecule has 3 aromatic rings. The molecule has 39 heavy (non-hydrogen) atoms. The molecule has 1 unspecified atom stereocenters. The van der Waals surface area contributed by atoms with Crippen molar-refractivity contribution in [3.8, 4) is 0 Å². The van der Waals surface area contributed by atoms with Gasteiger partial charge < -0.3 is 10.2 Å². The lowest BCUT2D eigenvalue weighted by Gasteiger charge is -2.32. The summed E-state index contributed by atoms with van der Waals surface area (Å²) < 4.78 is 28.6. The molecule has 1 aliphatic rings. The molecule has 0 saturated heterocycles. The van der Waals surface area contributed by atoms with E-state index in [9.17, 15) is 18.0 Å². The van der Waals surface area contributed by atoms with E-state index in [4.69, 9.17) is 11.6 Å². The van der Waals surface area contributed by atoms with Gasteiger partial charge in [-0.15, -0.1) is 0 Å². The lowest BCUT2D eigenvalue weighted by molar-refractivity contribution is -0.139. The van der Waals surface area contributed by atoms with Crippen molar-refractivity contribution in [3.63, 3.8) is 0 Å². The molecule has 4 rings (SSSR count). The molecule has 1 fully saturated rings. The smallest absolute Gasteiger partial charge is 0.264 e. The minimum atomic E-state index is -4.07. The van der Waals surface area contributed by atoms with Crippen molar-refractivity contribution in [1.29, 1.82) is 0 Å². The SMILES string of the molecule is Cc1ccc(N(CC(=O)N(Cc2ccc(Cl)cc2)C(C)C(=O)NC2CCCC2)S(=O)(=O)c2ccccc2)cc1. The maximum absolute atomic E-state index is 13.9. The van der Waals surface area contributed by atoms with Crippen molar-refractivity contribution in [2.45, 2.75) is 63.1 Å². The number of rotatable bonds is 10. The number of nitrogens with one attached hydrogen (secondary N) is 1. The standard InChI is InChI=1S/C30H34ClN3O4S/c1-22-12-18-27(19-13-22)34(39(37,38)28-10-4-3-5-11-28)21-29(35)33(20-24-14-16-25(31)17-15-24)23(2)30(36)32-26-8-6-7-9-26/h3-5,10-19,23,26H,6-9,20-21H2,1-2H3,(H,32,36). The number of sulfonamides is 1. The fourth-order valence-corrected chi connectivity index (χ4v) is 6.28. The number of halogens is 1. The van der Waals surface area contributed by atoms with Gasteiger partial charge >= 0.3 is 0 Å². The van der Waals surface area contributed by atoms with Crippen LogP contribution in [0, 0.1) is 6.92 Å². The molecule has 0 heterocycles. The molecule has 1 atom stereocenters. The molecular formula is C30H34ClN3O4S. The summed E-state index contributed by atoms with van der Waals surface area (Å²) in [7, 11) is -4.07. The van der Waals surface area contributed by atoms with Crippen molar-refractivity contribution < 1.29 is 18.0 Å². The van der Waals surface area contributed by atoms with E-state index in [1.165, 1.54) is 17.0 Å². The Hall–Kier alpha value is -3.36. The summed E-state index contributed by atoms with van der Waals surface area (Å²) in [5, 5.41) is 3.63. The van der Waals surface area contributed by atoms with Crippen LogP contribution in [0.25, 0.3) is 0 Å². The van der Waals surface area contributed by atoms with Crippen LogP contribution in [0.5, 0.6) is 0 Å². The number of amides is 2. The summed E-state index contributed by atoms with van der Waals surface area (Å²) in [6.45, 7) is 3.25. The molecule has 0 bridgehead atoms. The molecule has 1 N–H and O–H groups in total. The number of anilines is 1. The first-order chi connectivity index (χ1) is 18.6. The summed E-state index contributed by atoms with van der Waals surface area (Å²) in [5.41, 5.74) is 2.11. The minimum Gasteiger partial charge on any atom is -0.352 e. The Morgan fingerprint density at radius 1 is 0.949 bits per heavy atom. The molecular weight excluding hydrogens is 534 g/mol. The highest BCUT2D eigenvalue weighted by molar-refractivity contribution is 7.92. The van der Waals surface area contributed by atoms with E-state index in [-0.39, 0.29) is 23.4 Å². The van der Waals surface area contributed by atoms with Gasteiger partial charge in [0.1, 0.15) is 12.6 Å². The number of aryl methyl sites for hydroxylation is 1. The van der Waals surface area contributed by atoms with Gasteiger partial charge in [-0.2, -0.15) is 0 Å². The number of hydrogen-bond donors (Lipinski definition) is 1. The Labute approximate surface area is 235 Å². The van der Waals surface area contributed by atoms with Crippen LogP contribution in [-0.2, 0) is 26.2 Å². The van der Waals surface area contributed by atoms with E-state index >= 15 is 0 Å². The molecule has 1 saturated carbocycles. The lowest BCUT2D eigenvalue weighted by atomic mass is 10.1. The molecule has 0 aromatic heterocycles. The second-order valence-electron chi connectivity index (χ2n) is 9.97. The first kappa shape index (κ1) is 28.6. The molecule has 1 aliphatic carbocycles. The number of carbonyl (C=O) groups excluding carboxylic acids is 2. The molecule has 0 spiro atoms. The van der Waals surface area contributed by atoms with E-state index in [0.717, 1.165) is 41.1 Å². The van der Waals surface area contributed by atoms with Crippen LogP contribution >= 0.6 is 11.6 Å². The summed E-state index contributed by atoms with van der Waals surface area (Å²) in [6.07, 6.45) is 3.96. The lowest BCUT2D eigenvalue weighted by Crippen LogP contribution is -2.52. The molecule has 2 amide bonds. The van der Waals surface area contributed by atoms with Gasteiger partial charge in [-0.25, -0.2) is 8.42 Å². The number of benzene rings is 3. The minimum absolute atomic E-state index is 0.0784. The topological polar surface area (TPSA) is 86.8 Å². The highest BCUT2D eigenvalue weighted by atomic mass is 35.5. The van der Waals surface area contributed by atoms with Crippen molar-refractivity contribution in [3.05, 3.63) is 95.0 Å². The average molecular weight is 568 g/mol. The predicted octanol–water partition coefficient (Wildman–Crippen LogP) is 5.32. The Bertz CT molecular complexity index is 1370. The van der Waals surface area contributed by atoms with Crippen molar-refractivity contribution >= 4 is 39.1 Å². The first-order valence-electron chi connectivity index (χ1n) is 13.1. The van der Waals surface area contributed by atoms with Crippen molar-refractivity contribution in [2.75, 3.05) is 10.8 Å². The quantitative estimate of drug-likeness (QED) is 0.359. The van der Waals surface area contributed by atoms with Gasteiger partial charge in [0, 0.05) is 17.6 Å². The normalized spacial score (nSPS) is 14.5. The van der Waals surface area contributed by atoms with Crippen LogP contribution in [0.2, 0.25) is 5.02 Å². The van der Waals surface area contributed by atoms with E-state index < -0.39 is 28.5 Å². The second-order valence-corrected chi connectivity index (χ2v) is 12.3. The fourth-order valence-electron chi connectivity index (χ4n) is 4.72. The molecule has 7 nitrogen and oxygen atoms in total. The zero-order chi connectivity index (χ0) is 28.0. The van der Waals surface area contributed by atoms with Crippen molar-refractivity contribution in [1.82, 2.24) is 10.2 Å². The molecule has 0 radical (unpaired) electrons. The average Bonchev–Trinajstić information content (AvgIpc) is 3.45. The summed E-state index contributed by atoms with van der Waals surface area (Å²) in [4.78, 5) is 28.7. The van der Waals surface area contributed by atoms with Gasteiger partial charge in [-0.1, -0.05) is 72.5 Å². The molecule has 3 aromatic carbocycles. The van der Waals surface area contributed by atoms with Crippen LogP contribution in [0.3, 0.4) is 0 Å². The molecule has 0 aliphatic heterocycles. The van der Waals surface area contributed by atoms with E-state index in [1.54, 1.807) is 73.7 Å². The summed E-state index contributed by atoms with van der Waals surface area (Å²) in [6, 6.07) is 21.3. The Morgan fingerprint density at radius 3 is 2.18 bits per heavy atom. The maximum atomic E-state index is 13.9. The summed E-state index contributed by atoms with van der Waals surface area (Å²) >= 11 is 6.06. The van der Waals surface area contributed by atoms with Gasteiger partial charge in [0.25, 0.3) is 10.0 Å². The van der Waals surface area contributed by atoms with Gasteiger partial charge in [-0.05, 0) is 68.7 Å². The monoisotopic (exact) mass is 567 g/mol. The fraction of sp³-hybridized carbons (Fsp3) is 0.333. The highest BCUT2D eigenvalue weighted by Crippen LogP contribution is 2.25. The van der Waals surface area contributed by atoms with E-state index in [0.29, 0.717) is 10.7 Å². The Morgan fingerprint density at radius 2 is 1.56 bits per heavy atom. The van der Waals surface area contributed by atoms with Crippen LogP contribution in [0.1, 0.15) is 43.7 Å². The molecule has 206 valence electrons. The highest BCUT2D eigenvalue weighted by Gasteiger charge is 2.33. The van der Waals surface area contributed by atoms with Crippen LogP contribution in [0.15, 0.2) is 83.8 Å². The third kappa shape index (κ3) is 7.19. The van der Waals surface area contributed by atoms with Crippen molar-refractivity contribution in [2.24, 2.45) is 0 Å². The third-order valence-corrected chi connectivity index (χ3v) is 9.11. The zero-order valence-electron chi connectivity index (χ0n) is 22.2. The van der Waals surface area contributed by atoms with Crippen LogP contribution in [-0.4, -0.2) is 43.8 Å². The van der Waals surface area contributed by atoms with Gasteiger partial charge in [0.2, 0.25) is 11.8 Å². The van der Waals surface area contributed by atoms with E-state index in [1.807, 2.05) is 6.92 Å². The number of hydrogen-bond acceptors (Lipinski definition) is 4. The number of carbonyl (C=O) groups is 2. The Balaban J connectivity index is 1.66. The van der Waals surface area contributed by atoms with Crippen LogP contribution in [0.4, 0.5) is 5.69 Å². The first-order valence-corrected chi connectivity index (χ1v) is 15.0. The molecule has 9 heteroatoms. The van der Waals surface area contributed by atoms with Gasteiger partial charge in [-0.3, -0.25) is 13.9 Å². The van der Waals surface area contributed by atoms with Crippen LogP contribution < -0.4 is 9.62 Å². The Kier molecular flexibility index (Phi) is 9.30. The maximum Gasteiger partial charge on any atom is 0.264 e. The predicted molar refractivity (Wildman–Crippen MR) is 154 cm³/mol. The zero-order valence-corrected chi connectivity index (χ0v) is 23.8. The number of nitrogens with zero attached hydrogens (tertiary/aromatic N) is 2. The van der Waals surface area contributed by atoms with Gasteiger partial charge in [0.15, 0.2) is 0 Å². The largest absolute Gasteiger partial charge is 0.352 e. The van der Waals surface area contributed by atoms with Gasteiger partial charge in [0.05, 0.1) is 10.6 Å². The third-order valence-electron chi connectivity index (χ3n) is 7.07. The second kappa shape index (κ2) is 12.7. The van der Waals surface area contributed by atoms with E-state index in [2.05, 4.69) is 5.32 Å².